The van der Waals surface area contributed by atoms with Gasteiger partial charge in [-0.25, -0.2) is 9.36 Å². The summed E-state index contributed by atoms with van der Waals surface area (Å²) in [6.07, 6.45) is -1.14. The van der Waals surface area contributed by atoms with Gasteiger partial charge >= 0.3 is 13.5 Å². The molecule has 2 N–H and O–H groups in total. The van der Waals surface area contributed by atoms with E-state index < -0.39 is 37.5 Å². The van der Waals surface area contributed by atoms with E-state index in [0.29, 0.717) is 11.3 Å². The molecule has 1 aromatic carbocycles. The number of H-pyrrole nitrogens is 1. The maximum Gasteiger partial charge on any atom is 0.530 e. The fourth-order valence-corrected chi connectivity index (χ4v) is 4.60. The first-order valence-electron chi connectivity index (χ1n) is 9.08. The van der Waals surface area contributed by atoms with Crippen molar-refractivity contribution < 1.29 is 28.0 Å². The lowest BCUT2D eigenvalue weighted by atomic mass is 10.1. The van der Waals surface area contributed by atoms with Gasteiger partial charge in [0, 0.05) is 23.7 Å². The monoisotopic (exact) mass is 424 g/mol. The van der Waals surface area contributed by atoms with Crippen molar-refractivity contribution in [3.05, 3.63) is 61.9 Å². The fraction of sp³-hybridized carbons (Fsp3) is 0.444. The third-order valence-electron chi connectivity index (χ3n) is 4.93. The van der Waals surface area contributed by atoms with Gasteiger partial charge in [-0.15, -0.1) is 0 Å². The molecule has 0 spiro atoms. The molecule has 4 rings (SSSR count). The van der Waals surface area contributed by atoms with E-state index in [9.17, 15) is 19.3 Å². The zero-order valence-electron chi connectivity index (χ0n) is 15.9. The predicted molar refractivity (Wildman–Crippen MR) is 101 cm³/mol. The molecule has 1 fully saturated rings. The van der Waals surface area contributed by atoms with Crippen molar-refractivity contribution in [2.75, 3.05) is 6.61 Å². The zero-order valence-corrected chi connectivity index (χ0v) is 16.8. The summed E-state index contributed by atoms with van der Waals surface area (Å²) in [7, 11) is -3.87. The molecule has 1 unspecified atom stereocenters. The number of rotatable bonds is 4. The van der Waals surface area contributed by atoms with Crippen molar-refractivity contribution >= 4 is 7.82 Å². The summed E-state index contributed by atoms with van der Waals surface area (Å²) < 4.78 is 35.8. The summed E-state index contributed by atoms with van der Waals surface area (Å²) in [6, 6.07) is 5.48. The topological polar surface area (TPSA) is 129 Å². The van der Waals surface area contributed by atoms with Crippen molar-refractivity contribution in [3.63, 3.8) is 0 Å². The van der Waals surface area contributed by atoms with E-state index in [2.05, 4.69) is 4.98 Å². The van der Waals surface area contributed by atoms with E-state index in [4.69, 9.17) is 18.3 Å². The van der Waals surface area contributed by atoms with Gasteiger partial charge in [0.05, 0.1) is 19.3 Å². The minimum absolute atomic E-state index is 0.0804. The number of hydrogen-bond acceptors (Lipinski definition) is 8. The lowest BCUT2D eigenvalue weighted by molar-refractivity contribution is -0.0469. The molecule has 0 amide bonds. The number of aryl methyl sites for hydroxylation is 2. The van der Waals surface area contributed by atoms with Crippen LogP contribution < -0.4 is 15.8 Å². The lowest BCUT2D eigenvalue weighted by Gasteiger charge is -2.27. The SMILES string of the molecule is Cc1cccc2c1OP(=O)(OC[C@H]1O[C@@H](n3cc(C)c(=O)[nH]c3=O)C[C@@H]1O)OC2. The van der Waals surface area contributed by atoms with Crippen LogP contribution in [0.25, 0.3) is 0 Å². The Morgan fingerprint density at radius 2 is 2.10 bits per heavy atom. The van der Waals surface area contributed by atoms with Gasteiger partial charge in [0.25, 0.3) is 5.56 Å². The first-order valence-corrected chi connectivity index (χ1v) is 10.5. The van der Waals surface area contributed by atoms with Crippen LogP contribution in [0.1, 0.15) is 29.3 Å². The highest BCUT2D eigenvalue weighted by atomic mass is 31.2. The van der Waals surface area contributed by atoms with Gasteiger partial charge in [-0.2, -0.15) is 0 Å². The quantitative estimate of drug-likeness (QED) is 0.707. The average Bonchev–Trinajstić information content (AvgIpc) is 3.04. The van der Waals surface area contributed by atoms with Gasteiger partial charge in [-0.05, 0) is 19.4 Å². The Labute approximate surface area is 165 Å². The van der Waals surface area contributed by atoms with Gasteiger partial charge in [-0.3, -0.25) is 23.4 Å². The maximum atomic E-state index is 12.8. The number of fused-ring (bicyclic) bond motifs is 1. The molecule has 0 radical (unpaired) electrons. The summed E-state index contributed by atoms with van der Waals surface area (Å²) in [5.74, 6) is 0.461. The molecule has 4 atom stereocenters. The van der Waals surface area contributed by atoms with E-state index >= 15 is 0 Å². The molecule has 0 saturated carbocycles. The minimum atomic E-state index is -3.87. The second-order valence-electron chi connectivity index (χ2n) is 7.08. The molecule has 1 saturated heterocycles. The number of phosphoric ester groups is 1. The van der Waals surface area contributed by atoms with Crippen molar-refractivity contribution in [1.29, 1.82) is 0 Å². The lowest BCUT2D eigenvalue weighted by Crippen LogP contribution is -2.33. The molecule has 2 aromatic rings. The number of para-hydroxylation sites is 1. The Morgan fingerprint density at radius 1 is 1.31 bits per heavy atom. The van der Waals surface area contributed by atoms with Crippen LogP contribution in [0, 0.1) is 13.8 Å². The third-order valence-corrected chi connectivity index (χ3v) is 6.25. The second-order valence-corrected chi connectivity index (χ2v) is 8.68. The molecule has 0 bridgehead atoms. The van der Waals surface area contributed by atoms with Crippen molar-refractivity contribution in [3.8, 4) is 5.75 Å². The maximum absolute atomic E-state index is 12.8. The van der Waals surface area contributed by atoms with Crippen LogP contribution in [-0.2, 0) is 25.0 Å². The van der Waals surface area contributed by atoms with E-state index in [1.807, 2.05) is 25.1 Å². The fourth-order valence-electron chi connectivity index (χ4n) is 3.31. The number of nitrogens with zero attached hydrogens (tertiary/aromatic N) is 1. The van der Waals surface area contributed by atoms with Crippen molar-refractivity contribution in [1.82, 2.24) is 9.55 Å². The standard InChI is InChI=1S/C18H21N2O8P/c1-10-4-3-5-12-8-25-29(24,28-16(10)12)26-9-14-13(21)6-15(27-14)20-7-11(2)17(22)19-18(20)23/h3-5,7,13-15,21H,6,8-9H2,1-2H3,(H,19,22,23)/t13-,14+,15+,29?/m0/s1. The number of nitrogens with one attached hydrogen (secondary N) is 1. The first kappa shape index (κ1) is 20.1. The molecule has 2 aliphatic rings. The van der Waals surface area contributed by atoms with Gasteiger partial charge in [0.1, 0.15) is 18.1 Å². The Bertz CT molecular complexity index is 1090. The first-order chi connectivity index (χ1) is 13.8. The minimum Gasteiger partial charge on any atom is -0.403 e. The number of hydrogen-bond donors (Lipinski definition) is 2. The molecule has 156 valence electrons. The van der Waals surface area contributed by atoms with Gasteiger partial charge in [0.2, 0.25) is 0 Å². The Kier molecular flexibility index (Phi) is 5.22. The molecular formula is C18H21N2O8P. The molecular weight excluding hydrogens is 403 g/mol. The highest BCUT2D eigenvalue weighted by Crippen LogP contribution is 2.55. The van der Waals surface area contributed by atoms with Crippen molar-refractivity contribution in [2.45, 2.75) is 45.3 Å². The number of benzene rings is 1. The Hall–Kier alpha value is -2.23. The summed E-state index contributed by atoms with van der Waals surface area (Å²) in [4.78, 5) is 25.7. The molecule has 29 heavy (non-hydrogen) atoms. The molecule has 0 aliphatic carbocycles. The third kappa shape index (κ3) is 3.94. The number of aliphatic hydroxyl groups is 1. The summed E-state index contributed by atoms with van der Waals surface area (Å²) in [5, 5.41) is 10.3. The van der Waals surface area contributed by atoms with Crippen LogP contribution in [0.3, 0.4) is 0 Å². The average molecular weight is 424 g/mol. The van der Waals surface area contributed by atoms with E-state index in [-0.39, 0.29) is 19.6 Å². The van der Waals surface area contributed by atoms with Crippen LogP contribution in [0.15, 0.2) is 34.0 Å². The van der Waals surface area contributed by atoms with Crippen LogP contribution in [0.4, 0.5) is 0 Å². The van der Waals surface area contributed by atoms with E-state index in [1.165, 1.54) is 10.8 Å². The smallest absolute Gasteiger partial charge is 0.403 e. The van der Waals surface area contributed by atoms with Crippen LogP contribution >= 0.6 is 7.82 Å². The molecule has 11 heteroatoms. The number of ether oxygens (including phenoxy) is 1. The van der Waals surface area contributed by atoms with E-state index in [1.54, 1.807) is 6.92 Å². The molecule has 2 aliphatic heterocycles. The van der Waals surface area contributed by atoms with Gasteiger partial charge < -0.3 is 14.4 Å². The largest absolute Gasteiger partial charge is 0.530 e. The summed E-state index contributed by atoms with van der Waals surface area (Å²) in [6.45, 7) is 3.21. The van der Waals surface area contributed by atoms with Crippen LogP contribution in [0.5, 0.6) is 5.75 Å². The Morgan fingerprint density at radius 3 is 2.90 bits per heavy atom. The molecule has 3 heterocycles. The zero-order chi connectivity index (χ0) is 20.8. The molecule has 1 aromatic heterocycles. The van der Waals surface area contributed by atoms with Crippen LogP contribution in [-0.4, -0.2) is 33.5 Å². The van der Waals surface area contributed by atoms with Crippen LogP contribution in [0.2, 0.25) is 0 Å². The second kappa shape index (κ2) is 7.55. The normalized spacial score (nSPS) is 28.7. The predicted octanol–water partition coefficient (Wildman–Crippen LogP) is 1.54. The summed E-state index contributed by atoms with van der Waals surface area (Å²) >= 11 is 0. The van der Waals surface area contributed by atoms with Gasteiger partial charge in [0.15, 0.2) is 0 Å². The number of aromatic amines is 1. The van der Waals surface area contributed by atoms with Gasteiger partial charge in [-0.1, -0.05) is 18.2 Å². The van der Waals surface area contributed by atoms with Crippen molar-refractivity contribution in [2.24, 2.45) is 0 Å². The number of phosphoric acid groups is 1. The van der Waals surface area contributed by atoms with E-state index in [0.717, 1.165) is 11.1 Å². The molecule has 10 nitrogen and oxygen atoms in total. The Balaban J connectivity index is 1.44. The summed E-state index contributed by atoms with van der Waals surface area (Å²) in [5.41, 5.74) is 0.790. The highest BCUT2D eigenvalue weighted by molar-refractivity contribution is 7.49. The highest BCUT2D eigenvalue weighted by Gasteiger charge is 2.40. The number of aliphatic hydroxyl groups excluding tert-OH is 1. The number of aromatic nitrogens is 2.